The van der Waals surface area contributed by atoms with Crippen LogP contribution in [0.5, 0.6) is 0 Å². The van der Waals surface area contributed by atoms with E-state index in [1.54, 1.807) is 0 Å². The molecule has 0 bridgehead atoms. The summed E-state index contributed by atoms with van der Waals surface area (Å²) < 4.78 is 13.5. The minimum Gasteiger partial charge on any atom is -0.349 e. The molecule has 1 aromatic carbocycles. The van der Waals surface area contributed by atoms with Gasteiger partial charge in [0.15, 0.2) is 0 Å². The molecule has 0 radical (unpaired) electrons. The van der Waals surface area contributed by atoms with Gasteiger partial charge in [-0.2, -0.15) is 0 Å². The lowest BCUT2D eigenvalue weighted by atomic mass is 10.1. The Morgan fingerprint density at radius 3 is 2.74 bits per heavy atom. The summed E-state index contributed by atoms with van der Waals surface area (Å²) in [6.45, 7) is 1.71. The number of nitrogens with zero attached hydrogens (tertiary/aromatic N) is 1. The summed E-state index contributed by atoms with van der Waals surface area (Å²) in [5, 5.41) is 16.5. The Labute approximate surface area is 108 Å². The van der Waals surface area contributed by atoms with Crippen LogP contribution in [0.4, 0.5) is 10.1 Å². The van der Waals surface area contributed by atoms with E-state index in [2.05, 4.69) is 10.6 Å². The molecule has 0 spiro atoms. The van der Waals surface area contributed by atoms with Crippen molar-refractivity contribution in [3.05, 3.63) is 39.7 Å². The molecule has 2 unspecified atom stereocenters. The fourth-order valence-electron chi connectivity index (χ4n) is 2.66. The van der Waals surface area contributed by atoms with Gasteiger partial charge in [-0.05, 0) is 17.9 Å². The van der Waals surface area contributed by atoms with Crippen LogP contribution in [0.25, 0.3) is 0 Å². The van der Waals surface area contributed by atoms with Gasteiger partial charge in [0.1, 0.15) is 5.82 Å². The topological polar surface area (TPSA) is 84.3 Å². The third-order valence-electron chi connectivity index (χ3n) is 3.79. The van der Waals surface area contributed by atoms with Crippen molar-refractivity contribution in [2.75, 3.05) is 13.1 Å². The summed E-state index contributed by atoms with van der Waals surface area (Å²) in [5.74, 6) is -0.510. The molecule has 1 heterocycles. The number of rotatable bonds is 3. The highest BCUT2D eigenvalue weighted by molar-refractivity contribution is 5.95. The normalized spacial score (nSPS) is 27.7. The second-order valence-electron chi connectivity index (χ2n) is 4.91. The van der Waals surface area contributed by atoms with E-state index in [9.17, 15) is 19.3 Å². The fourth-order valence-corrected chi connectivity index (χ4v) is 2.66. The van der Waals surface area contributed by atoms with Crippen LogP contribution in [0.2, 0.25) is 0 Å². The van der Waals surface area contributed by atoms with E-state index in [-0.39, 0.29) is 17.3 Å². The van der Waals surface area contributed by atoms with Crippen LogP contribution in [-0.4, -0.2) is 30.0 Å². The molecular weight excluding hydrogens is 253 g/mol. The highest BCUT2D eigenvalue weighted by Crippen LogP contribution is 2.41. The lowest BCUT2D eigenvalue weighted by Gasteiger charge is -2.08. The molecule has 1 saturated heterocycles. The Morgan fingerprint density at radius 1 is 1.42 bits per heavy atom. The Hall–Kier alpha value is -2.02. The second kappa shape index (κ2) is 4.27. The Kier molecular flexibility index (Phi) is 2.70. The summed E-state index contributed by atoms with van der Waals surface area (Å²) >= 11 is 0. The van der Waals surface area contributed by atoms with Crippen LogP contribution in [-0.2, 0) is 0 Å². The number of hydrogen-bond donors (Lipinski definition) is 2. The van der Waals surface area contributed by atoms with Crippen molar-refractivity contribution in [2.24, 2.45) is 11.8 Å². The van der Waals surface area contributed by atoms with Crippen molar-refractivity contribution in [1.82, 2.24) is 10.6 Å². The Bertz CT molecular complexity index is 553. The standard InChI is InChI=1S/C12H12FN3O3/c13-10-2-1-6(16(18)19)3-7(10)12(17)15-11-8-4-14-5-9(8)11/h1-3,8-9,11,14H,4-5H2,(H,15,17). The van der Waals surface area contributed by atoms with Crippen LogP contribution in [0.1, 0.15) is 10.4 Å². The highest BCUT2D eigenvalue weighted by atomic mass is 19.1. The average molecular weight is 265 g/mol. The molecule has 2 aliphatic rings. The lowest BCUT2D eigenvalue weighted by molar-refractivity contribution is -0.384. The van der Waals surface area contributed by atoms with Crippen molar-refractivity contribution in [2.45, 2.75) is 6.04 Å². The number of halogens is 1. The molecule has 6 nitrogen and oxygen atoms in total. The van der Waals surface area contributed by atoms with E-state index in [1.165, 1.54) is 0 Å². The van der Waals surface area contributed by atoms with Crippen LogP contribution in [0.3, 0.4) is 0 Å². The number of nitrogens with one attached hydrogen (secondary N) is 2. The molecule has 0 aromatic heterocycles. The molecular formula is C12H12FN3O3. The van der Waals surface area contributed by atoms with Gasteiger partial charge in [0.2, 0.25) is 0 Å². The number of carbonyl (C=O) groups is 1. The summed E-state index contributed by atoms with van der Waals surface area (Å²) in [6, 6.07) is 3.03. The molecule has 2 atom stereocenters. The van der Waals surface area contributed by atoms with Gasteiger partial charge in [0, 0.05) is 31.3 Å². The van der Waals surface area contributed by atoms with Crippen molar-refractivity contribution in [3.8, 4) is 0 Å². The van der Waals surface area contributed by atoms with Crippen molar-refractivity contribution < 1.29 is 14.1 Å². The molecule has 3 rings (SSSR count). The first-order valence-electron chi connectivity index (χ1n) is 6.03. The number of piperidine rings is 1. The smallest absolute Gasteiger partial charge is 0.270 e. The van der Waals surface area contributed by atoms with Crippen LogP contribution in [0.15, 0.2) is 18.2 Å². The number of non-ortho nitro benzene ring substituents is 1. The molecule has 2 N–H and O–H groups in total. The van der Waals surface area contributed by atoms with Crippen molar-refractivity contribution >= 4 is 11.6 Å². The molecule has 1 saturated carbocycles. The maximum Gasteiger partial charge on any atom is 0.270 e. The third-order valence-corrected chi connectivity index (χ3v) is 3.79. The first-order valence-corrected chi connectivity index (χ1v) is 6.03. The minimum atomic E-state index is -0.743. The van der Waals surface area contributed by atoms with Crippen molar-refractivity contribution in [3.63, 3.8) is 0 Å². The first-order chi connectivity index (χ1) is 9.08. The number of benzene rings is 1. The minimum absolute atomic E-state index is 0.0624. The van der Waals surface area contributed by atoms with Gasteiger partial charge in [-0.15, -0.1) is 0 Å². The van der Waals surface area contributed by atoms with Gasteiger partial charge in [-0.3, -0.25) is 14.9 Å². The zero-order chi connectivity index (χ0) is 13.6. The number of nitro benzene ring substituents is 1. The van der Waals surface area contributed by atoms with Gasteiger partial charge in [0.25, 0.3) is 11.6 Å². The lowest BCUT2D eigenvalue weighted by Crippen LogP contribution is -2.33. The number of fused-ring (bicyclic) bond motifs is 1. The number of amides is 1. The molecule has 2 fully saturated rings. The van der Waals surface area contributed by atoms with Gasteiger partial charge in [-0.25, -0.2) is 4.39 Å². The molecule has 1 aliphatic heterocycles. The number of nitro groups is 1. The highest BCUT2D eigenvalue weighted by Gasteiger charge is 2.53. The fraction of sp³-hybridized carbons (Fsp3) is 0.417. The largest absolute Gasteiger partial charge is 0.349 e. The molecule has 1 amide bonds. The maximum absolute atomic E-state index is 13.5. The predicted molar refractivity (Wildman–Crippen MR) is 64.2 cm³/mol. The van der Waals surface area contributed by atoms with Crippen LogP contribution >= 0.6 is 0 Å². The molecule has 1 aliphatic carbocycles. The van der Waals surface area contributed by atoms with Gasteiger partial charge in [0.05, 0.1) is 10.5 Å². The molecule has 100 valence electrons. The number of carbonyl (C=O) groups excluding carboxylic acids is 1. The van der Waals surface area contributed by atoms with E-state index < -0.39 is 16.6 Å². The van der Waals surface area contributed by atoms with Crippen LogP contribution in [0, 0.1) is 27.8 Å². The van der Waals surface area contributed by atoms with E-state index in [1.807, 2.05) is 0 Å². The molecule has 7 heteroatoms. The average Bonchev–Trinajstić information content (AvgIpc) is 2.83. The van der Waals surface area contributed by atoms with Crippen molar-refractivity contribution in [1.29, 1.82) is 0 Å². The predicted octanol–water partition coefficient (Wildman–Crippen LogP) is 0.681. The zero-order valence-corrected chi connectivity index (χ0v) is 9.93. The van der Waals surface area contributed by atoms with E-state index in [4.69, 9.17) is 0 Å². The maximum atomic E-state index is 13.5. The summed E-state index contributed by atoms with van der Waals surface area (Å²) in [6.07, 6.45) is 0. The second-order valence-corrected chi connectivity index (χ2v) is 4.91. The monoisotopic (exact) mass is 265 g/mol. The van der Waals surface area contributed by atoms with Gasteiger partial charge >= 0.3 is 0 Å². The Balaban J connectivity index is 1.75. The summed E-state index contributed by atoms with van der Waals surface area (Å²) in [7, 11) is 0. The van der Waals surface area contributed by atoms with E-state index in [0.29, 0.717) is 11.8 Å². The summed E-state index contributed by atoms with van der Waals surface area (Å²) in [4.78, 5) is 21.9. The van der Waals surface area contributed by atoms with Crippen LogP contribution < -0.4 is 10.6 Å². The third kappa shape index (κ3) is 2.06. The quantitative estimate of drug-likeness (QED) is 0.622. The molecule has 19 heavy (non-hydrogen) atoms. The SMILES string of the molecule is O=C(NC1C2CNCC21)c1cc([N+](=O)[O-])ccc1F. The zero-order valence-electron chi connectivity index (χ0n) is 9.93. The van der Waals surface area contributed by atoms with Gasteiger partial charge < -0.3 is 10.6 Å². The summed E-state index contributed by atoms with van der Waals surface area (Å²) in [5.41, 5.74) is -0.559. The number of hydrogen-bond acceptors (Lipinski definition) is 4. The van der Waals surface area contributed by atoms with Gasteiger partial charge in [-0.1, -0.05) is 0 Å². The molecule has 1 aromatic rings. The van der Waals surface area contributed by atoms with E-state index >= 15 is 0 Å². The first kappa shape index (κ1) is 12.0. The Morgan fingerprint density at radius 2 is 2.11 bits per heavy atom. The van der Waals surface area contributed by atoms with E-state index in [0.717, 1.165) is 31.3 Å².